The van der Waals surface area contributed by atoms with Crippen LogP contribution in [0.1, 0.15) is 16.7 Å². The largest absolute Gasteiger partial charge is 0.496 e. The standard InChI is InChI=1S/C20H24O6/c1-13-6-7-16(22-2)15(8-13)12-26-19(21)11-14-9-17(23-3)20(25-5)18(10-14)24-4/h6-10H,11-12H2,1-5H3. The van der Waals surface area contributed by atoms with E-state index >= 15 is 0 Å². The molecular formula is C20H24O6. The molecule has 0 heterocycles. The Morgan fingerprint density at radius 3 is 2.00 bits per heavy atom. The summed E-state index contributed by atoms with van der Waals surface area (Å²) in [5.74, 6) is 1.81. The smallest absolute Gasteiger partial charge is 0.310 e. The minimum atomic E-state index is -0.358. The van der Waals surface area contributed by atoms with Crippen LogP contribution < -0.4 is 18.9 Å². The number of carbonyl (C=O) groups excluding carboxylic acids is 1. The lowest BCUT2D eigenvalue weighted by Gasteiger charge is -2.14. The van der Waals surface area contributed by atoms with E-state index in [0.29, 0.717) is 28.6 Å². The molecule has 26 heavy (non-hydrogen) atoms. The maximum absolute atomic E-state index is 12.2. The fourth-order valence-electron chi connectivity index (χ4n) is 2.63. The Bertz CT molecular complexity index is 744. The summed E-state index contributed by atoms with van der Waals surface area (Å²) < 4.78 is 26.6. The average molecular weight is 360 g/mol. The number of ether oxygens (including phenoxy) is 5. The fourth-order valence-corrected chi connectivity index (χ4v) is 2.63. The number of hydrogen-bond donors (Lipinski definition) is 0. The molecule has 0 aliphatic carbocycles. The normalized spacial score (nSPS) is 10.2. The molecule has 0 bridgehead atoms. The van der Waals surface area contributed by atoms with E-state index in [1.165, 1.54) is 21.3 Å². The predicted molar refractivity (Wildman–Crippen MR) is 97.3 cm³/mol. The number of rotatable bonds is 8. The zero-order chi connectivity index (χ0) is 19.1. The number of methoxy groups -OCH3 is 4. The Kier molecular flexibility index (Phi) is 6.72. The maximum atomic E-state index is 12.2. The first-order valence-electron chi connectivity index (χ1n) is 8.10. The molecule has 0 radical (unpaired) electrons. The Morgan fingerprint density at radius 2 is 1.46 bits per heavy atom. The second-order valence-corrected chi connectivity index (χ2v) is 5.69. The van der Waals surface area contributed by atoms with Crippen molar-refractivity contribution in [3.8, 4) is 23.0 Å². The molecule has 0 spiro atoms. The van der Waals surface area contributed by atoms with Gasteiger partial charge >= 0.3 is 5.97 Å². The van der Waals surface area contributed by atoms with Gasteiger partial charge in [-0.2, -0.15) is 0 Å². The summed E-state index contributed by atoms with van der Waals surface area (Å²) in [6.07, 6.45) is 0.0881. The summed E-state index contributed by atoms with van der Waals surface area (Å²) in [6.45, 7) is 2.12. The van der Waals surface area contributed by atoms with Crippen LogP contribution in [-0.4, -0.2) is 34.4 Å². The van der Waals surface area contributed by atoms with Gasteiger partial charge < -0.3 is 23.7 Å². The van der Waals surface area contributed by atoms with Crippen molar-refractivity contribution in [1.29, 1.82) is 0 Å². The van der Waals surface area contributed by atoms with Gasteiger partial charge in [-0.3, -0.25) is 4.79 Å². The number of aryl methyl sites for hydroxylation is 1. The van der Waals surface area contributed by atoms with Crippen molar-refractivity contribution >= 4 is 5.97 Å². The van der Waals surface area contributed by atoms with E-state index in [4.69, 9.17) is 23.7 Å². The highest BCUT2D eigenvalue weighted by atomic mass is 16.5. The van der Waals surface area contributed by atoms with E-state index in [0.717, 1.165) is 11.1 Å². The molecular weight excluding hydrogens is 336 g/mol. The van der Waals surface area contributed by atoms with Gasteiger partial charge in [-0.1, -0.05) is 11.6 Å². The minimum absolute atomic E-state index is 0.0881. The molecule has 0 aliphatic rings. The molecule has 0 atom stereocenters. The third-order valence-corrected chi connectivity index (χ3v) is 3.90. The third-order valence-electron chi connectivity index (χ3n) is 3.90. The lowest BCUT2D eigenvalue weighted by Crippen LogP contribution is -2.09. The Morgan fingerprint density at radius 1 is 0.846 bits per heavy atom. The molecule has 0 N–H and O–H groups in total. The van der Waals surface area contributed by atoms with Crippen LogP contribution in [0.5, 0.6) is 23.0 Å². The van der Waals surface area contributed by atoms with Crippen LogP contribution in [-0.2, 0) is 22.6 Å². The van der Waals surface area contributed by atoms with Gasteiger partial charge in [-0.25, -0.2) is 0 Å². The van der Waals surface area contributed by atoms with Crippen molar-refractivity contribution < 1.29 is 28.5 Å². The lowest BCUT2D eigenvalue weighted by molar-refractivity contribution is -0.144. The second-order valence-electron chi connectivity index (χ2n) is 5.69. The molecule has 2 rings (SSSR count). The van der Waals surface area contributed by atoms with E-state index < -0.39 is 0 Å². The van der Waals surface area contributed by atoms with Gasteiger partial charge in [-0.15, -0.1) is 0 Å². The molecule has 0 aliphatic heterocycles. The van der Waals surface area contributed by atoms with Crippen LogP contribution in [0.25, 0.3) is 0 Å². The van der Waals surface area contributed by atoms with E-state index in [1.807, 2.05) is 25.1 Å². The highest BCUT2D eigenvalue weighted by Gasteiger charge is 2.16. The zero-order valence-corrected chi connectivity index (χ0v) is 15.8. The van der Waals surface area contributed by atoms with Crippen molar-refractivity contribution in [1.82, 2.24) is 0 Å². The summed E-state index contributed by atoms with van der Waals surface area (Å²) >= 11 is 0. The number of hydrogen-bond acceptors (Lipinski definition) is 6. The first kappa shape index (κ1) is 19.4. The fraction of sp³-hybridized carbons (Fsp3) is 0.350. The van der Waals surface area contributed by atoms with Crippen molar-refractivity contribution in [2.45, 2.75) is 20.0 Å². The topological polar surface area (TPSA) is 63.2 Å². The van der Waals surface area contributed by atoms with Gasteiger partial charge in [0.15, 0.2) is 11.5 Å². The molecule has 140 valence electrons. The Balaban J connectivity index is 2.09. The highest BCUT2D eigenvalue weighted by molar-refractivity contribution is 5.73. The quantitative estimate of drug-likeness (QED) is 0.673. The first-order chi connectivity index (χ1) is 12.5. The summed E-state index contributed by atoms with van der Waals surface area (Å²) in [4.78, 5) is 12.2. The van der Waals surface area contributed by atoms with Crippen LogP contribution in [0.2, 0.25) is 0 Å². The Labute approximate surface area is 153 Å². The minimum Gasteiger partial charge on any atom is -0.496 e. The molecule has 0 amide bonds. The van der Waals surface area contributed by atoms with Crippen molar-refractivity contribution in [2.75, 3.05) is 28.4 Å². The van der Waals surface area contributed by atoms with Gasteiger partial charge in [-0.05, 0) is 36.8 Å². The summed E-state index contributed by atoms with van der Waals surface area (Å²) in [5.41, 5.74) is 2.60. The van der Waals surface area contributed by atoms with E-state index in [-0.39, 0.29) is 19.0 Å². The van der Waals surface area contributed by atoms with Crippen molar-refractivity contribution in [2.24, 2.45) is 0 Å². The zero-order valence-electron chi connectivity index (χ0n) is 15.8. The van der Waals surface area contributed by atoms with Crippen LogP contribution in [0.15, 0.2) is 30.3 Å². The Hall–Kier alpha value is -2.89. The molecule has 6 heteroatoms. The molecule has 2 aromatic carbocycles. The van der Waals surface area contributed by atoms with Crippen LogP contribution in [0.3, 0.4) is 0 Å². The number of benzene rings is 2. The van der Waals surface area contributed by atoms with Gasteiger partial charge in [0.1, 0.15) is 12.4 Å². The number of esters is 1. The van der Waals surface area contributed by atoms with E-state index in [2.05, 4.69) is 0 Å². The highest BCUT2D eigenvalue weighted by Crippen LogP contribution is 2.38. The molecule has 0 saturated carbocycles. The van der Waals surface area contributed by atoms with E-state index in [9.17, 15) is 4.79 Å². The SMILES string of the molecule is COc1ccc(C)cc1COC(=O)Cc1cc(OC)c(OC)c(OC)c1. The summed E-state index contributed by atoms with van der Waals surface area (Å²) in [7, 11) is 6.18. The van der Waals surface area contributed by atoms with E-state index in [1.54, 1.807) is 19.2 Å². The molecule has 0 aromatic heterocycles. The monoisotopic (exact) mass is 360 g/mol. The predicted octanol–water partition coefficient (Wildman–Crippen LogP) is 3.32. The first-order valence-corrected chi connectivity index (χ1v) is 8.10. The molecule has 0 saturated heterocycles. The molecule has 6 nitrogen and oxygen atoms in total. The van der Waals surface area contributed by atoms with Gasteiger partial charge in [0.25, 0.3) is 0 Å². The summed E-state index contributed by atoms with van der Waals surface area (Å²) in [6, 6.07) is 9.20. The van der Waals surface area contributed by atoms with Crippen molar-refractivity contribution in [3.63, 3.8) is 0 Å². The molecule has 0 unspecified atom stereocenters. The van der Waals surface area contributed by atoms with Gasteiger partial charge in [0.2, 0.25) is 5.75 Å². The third kappa shape index (κ3) is 4.59. The van der Waals surface area contributed by atoms with Gasteiger partial charge in [0.05, 0.1) is 34.9 Å². The summed E-state index contributed by atoms with van der Waals surface area (Å²) in [5, 5.41) is 0. The average Bonchev–Trinajstić information content (AvgIpc) is 2.65. The lowest BCUT2D eigenvalue weighted by atomic mass is 10.1. The van der Waals surface area contributed by atoms with Crippen LogP contribution >= 0.6 is 0 Å². The molecule has 2 aromatic rings. The second kappa shape index (κ2) is 8.99. The number of carbonyl (C=O) groups is 1. The van der Waals surface area contributed by atoms with Crippen molar-refractivity contribution in [3.05, 3.63) is 47.0 Å². The van der Waals surface area contributed by atoms with Gasteiger partial charge in [0, 0.05) is 5.56 Å². The maximum Gasteiger partial charge on any atom is 0.310 e. The van der Waals surface area contributed by atoms with Crippen LogP contribution in [0, 0.1) is 6.92 Å². The molecule has 0 fully saturated rings. The van der Waals surface area contributed by atoms with Crippen LogP contribution in [0.4, 0.5) is 0 Å².